The molecule has 5 heteroatoms. The van der Waals surface area contributed by atoms with Gasteiger partial charge < -0.3 is 10.6 Å². The van der Waals surface area contributed by atoms with Crippen molar-refractivity contribution in [1.82, 2.24) is 0 Å². The molecule has 0 saturated heterocycles. The third-order valence-electron chi connectivity index (χ3n) is 4.07. The molecule has 2 aromatic rings. The number of Topliss-reactive ketones (excluding diaryl/α,β-unsaturated/α-hetero) is 1. The molecule has 2 rings (SSSR count). The van der Waals surface area contributed by atoms with Crippen LogP contribution in [0.2, 0.25) is 0 Å². The van der Waals surface area contributed by atoms with E-state index >= 15 is 0 Å². The van der Waals surface area contributed by atoms with Gasteiger partial charge in [-0.3, -0.25) is 9.59 Å². The molecule has 0 unspecified atom stereocenters. The lowest BCUT2D eigenvalue weighted by atomic mass is 10.1. The molecular formula is C22H23N3O2. The number of hydrogen-bond donors (Lipinski definition) is 2. The first-order valence-electron chi connectivity index (χ1n) is 8.91. The van der Waals surface area contributed by atoms with Crippen molar-refractivity contribution in [3.63, 3.8) is 0 Å². The lowest BCUT2D eigenvalue weighted by molar-refractivity contribution is -0.112. The van der Waals surface area contributed by atoms with Crippen molar-refractivity contribution >= 4 is 23.1 Å². The fourth-order valence-electron chi connectivity index (χ4n) is 2.44. The second-order valence-electron chi connectivity index (χ2n) is 6.20. The van der Waals surface area contributed by atoms with E-state index in [-0.39, 0.29) is 11.4 Å². The molecule has 27 heavy (non-hydrogen) atoms. The number of benzene rings is 2. The van der Waals surface area contributed by atoms with Crippen molar-refractivity contribution in [2.75, 3.05) is 10.6 Å². The van der Waals surface area contributed by atoms with E-state index in [1.165, 1.54) is 18.7 Å². The minimum absolute atomic E-state index is 0.0186. The average molecular weight is 361 g/mol. The van der Waals surface area contributed by atoms with Crippen LogP contribution in [0.1, 0.15) is 42.6 Å². The van der Waals surface area contributed by atoms with Crippen LogP contribution in [0.3, 0.4) is 0 Å². The van der Waals surface area contributed by atoms with E-state index in [0.29, 0.717) is 16.9 Å². The molecule has 0 atom stereocenters. The number of carbonyl (C=O) groups excluding carboxylic acids is 2. The smallest absolute Gasteiger partial charge is 0.267 e. The van der Waals surface area contributed by atoms with Crippen LogP contribution in [0.15, 0.2) is 60.3 Å². The van der Waals surface area contributed by atoms with Gasteiger partial charge in [0.05, 0.1) is 0 Å². The Bertz CT molecular complexity index is 860. The standard InChI is InChI=1S/C22H23N3O2/c1-3-4-5-17-6-10-21(11-7-17)25-22(27)19(14-23)15-24-20-12-8-18(9-13-20)16(2)26/h6-13,15,24H,3-5H2,1-2H3,(H,25,27)/b19-15-. The Balaban J connectivity index is 1.99. The molecule has 0 heterocycles. The fourth-order valence-corrected chi connectivity index (χ4v) is 2.44. The molecule has 0 spiro atoms. The highest BCUT2D eigenvalue weighted by Gasteiger charge is 2.09. The van der Waals surface area contributed by atoms with Crippen molar-refractivity contribution < 1.29 is 9.59 Å². The van der Waals surface area contributed by atoms with Crippen LogP contribution >= 0.6 is 0 Å². The first kappa shape index (κ1) is 19.9. The van der Waals surface area contributed by atoms with Gasteiger partial charge in [-0.05, 0) is 61.7 Å². The maximum absolute atomic E-state index is 12.3. The Hall–Kier alpha value is -3.39. The van der Waals surface area contributed by atoms with Gasteiger partial charge in [0.2, 0.25) is 0 Å². The van der Waals surface area contributed by atoms with Gasteiger partial charge in [0.1, 0.15) is 11.6 Å². The van der Waals surface area contributed by atoms with Crippen LogP contribution < -0.4 is 10.6 Å². The summed E-state index contributed by atoms with van der Waals surface area (Å²) in [6.45, 7) is 3.65. The summed E-state index contributed by atoms with van der Waals surface area (Å²) in [5.41, 5.74) is 3.11. The van der Waals surface area contributed by atoms with Crippen molar-refractivity contribution in [3.8, 4) is 6.07 Å². The molecule has 0 aliphatic carbocycles. The maximum atomic E-state index is 12.3. The number of nitrogens with one attached hydrogen (secondary N) is 2. The number of carbonyl (C=O) groups is 2. The number of nitriles is 1. The van der Waals surface area contributed by atoms with Crippen LogP contribution in [0.25, 0.3) is 0 Å². The van der Waals surface area contributed by atoms with Crippen molar-refractivity contribution in [2.24, 2.45) is 0 Å². The van der Waals surface area contributed by atoms with E-state index < -0.39 is 5.91 Å². The SMILES string of the molecule is CCCCc1ccc(NC(=O)/C(C#N)=C\Nc2ccc(C(C)=O)cc2)cc1. The fraction of sp³-hybridized carbons (Fsp3) is 0.227. The van der Waals surface area contributed by atoms with Gasteiger partial charge in [-0.15, -0.1) is 0 Å². The van der Waals surface area contributed by atoms with Crippen molar-refractivity contribution in [3.05, 3.63) is 71.4 Å². The number of nitrogens with zero attached hydrogens (tertiary/aromatic N) is 1. The third kappa shape index (κ3) is 6.12. The van der Waals surface area contributed by atoms with E-state index in [4.69, 9.17) is 0 Å². The van der Waals surface area contributed by atoms with Gasteiger partial charge in [-0.25, -0.2) is 0 Å². The first-order chi connectivity index (χ1) is 13.0. The van der Waals surface area contributed by atoms with Gasteiger partial charge in [-0.2, -0.15) is 5.26 Å². The van der Waals surface area contributed by atoms with Crippen LogP contribution in [0, 0.1) is 11.3 Å². The molecule has 2 aromatic carbocycles. The first-order valence-corrected chi connectivity index (χ1v) is 8.91. The molecule has 0 saturated carbocycles. The predicted molar refractivity (Wildman–Crippen MR) is 107 cm³/mol. The Morgan fingerprint density at radius 2 is 1.67 bits per heavy atom. The Labute approximate surface area is 159 Å². The van der Waals surface area contributed by atoms with Gasteiger partial charge >= 0.3 is 0 Å². The maximum Gasteiger partial charge on any atom is 0.267 e. The summed E-state index contributed by atoms with van der Waals surface area (Å²) >= 11 is 0. The largest absolute Gasteiger partial charge is 0.360 e. The number of anilines is 2. The Morgan fingerprint density at radius 1 is 1.04 bits per heavy atom. The highest BCUT2D eigenvalue weighted by atomic mass is 16.1. The summed E-state index contributed by atoms with van der Waals surface area (Å²) in [6.07, 6.45) is 4.64. The lowest BCUT2D eigenvalue weighted by Crippen LogP contribution is -2.14. The second kappa shape index (κ2) is 9.93. The number of amides is 1. The summed E-state index contributed by atoms with van der Waals surface area (Å²) in [4.78, 5) is 23.6. The Morgan fingerprint density at radius 3 is 2.22 bits per heavy atom. The lowest BCUT2D eigenvalue weighted by Gasteiger charge is -2.07. The van der Waals surface area contributed by atoms with E-state index in [1.807, 2.05) is 30.3 Å². The van der Waals surface area contributed by atoms with Crippen LogP contribution in [-0.2, 0) is 11.2 Å². The second-order valence-corrected chi connectivity index (χ2v) is 6.20. The Kier molecular flexibility index (Phi) is 7.33. The van der Waals surface area contributed by atoms with Crippen molar-refractivity contribution in [2.45, 2.75) is 33.1 Å². The molecule has 1 amide bonds. The number of hydrogen-bond acceptors (Lipinski definition) is 4. The third-order valence-corrected chi connectivity index (χ3v) is 4.07. The quantitative estimate of drug-likeness (QED) is 0.406. The summed E-state index contributed by atoms with van der Waals surface area (Å²) in [6, 6.07) is 16.3. The number of aryl methyl sites for hydroxylation is 1. The molecule has 0 aliphatic heterocycles. The average Bonchev–Trinajstić information content (AvgIpc) is 2.68. The molecule has 138 valence electrons. The van der Waals surface area contributed by atoms with E-state index in [9.17, 15) is 14.9 Å². The number of ketones is 1. The van der Waals surface area contributed by atoms with Crippen LogP contribution in [0.4, 0.5) is 11.4 Å². The van der Waals surface area contributed by atoms with Crippen LogP contribution in [-0.4, -0.2) is 11.7 Å². The zero-order valence-electron chi connectivity index (χ0n) is 15.6. The summed E-state index contributed by atoms with van der Waals surface area (Å²) in [5, 5.41) is 14.9. The molecule has 0 aromatic heterocycles. The van der Waals surface area contributed by atoms with Crippen LogP contribution in [0.5, 0.6) is 0 Å². The van der Waals surface area contributed by atoms with E-state index in [0.717, 1.165) is 19.3 Å². The normalized spacial score (nSPS) is 10.8. The van der Waals surface area contributed by atoms with E-state index in [1.54, 1.807) is 24.3 Å². The topological polar surface area (TPSA) is 82.0 Å². The minimum Gasteiger partial charge on any atom is -0.360 e. The molecule has 0 bridgehead atoms. The summed E-state index contributed by atoms with van der Waals surface area (Å²) in [5.74, 6) is -0.499. The zero-order chi connectivity index (χ0) is 19.6. The monoisotopic (exact) mass is 361 g/mol. The zero-order valence-corrected chi connectivity index (χ0v) is 15.6. The molecule has 0 aliphatic rings. The molecule has 2 N–H and O–H groups in total. The van der Waals surface area contributed by atoms with Gasteiger partial charge in [0.25, 0.3) is 5.91 Å². The van der Waals surface area contributed by atoms with Gasteiger partial charge in [0.15, 0.2) is 5.78 Å². The van der Waals surface area contributed by atoms with Gasteiger partial charge in [-0.1, -0.05) is 25.5 Å². The minimum atomic E-state index is -0.480. The molecule has 0 radical (unpaired) electrons. The highest BCUT2D eigenvalue weighted by Crippen LogP contribution is 2.14. The molecule has 5 nitrogen and oxygen atoms in total. The van der Waals surface area contributed by atoms with Crippen molar-refractivity contribution in [1.29, 1.82) is 5.26 Å². The summed E-state index contributed by atoms with van der Waals surface area (Å²) < 4.78 is 0. The molecular weight excluding hydrogens is 338 g/mol. The van der Waals surface area contributed by atoms with E-state index in [2.05, 4.69) is 17.6 Å². The summed E-state index contributed by atoms with van der Waals surface area (Å²) in [7, 11) is 0. The number of rotatable bonds is 8. The molecule has 0 fully saturated rings. The highest BCUT2D eigenvalue weighted by molar-refractivity contribution is 6.06. The number of unbranched alkanes of at least 4 members (excludes halogenated alkanes) is 1. The van der Waals surface area contributed by atoms with Gasteiger partial charge in [0, 0.05) is 23.1 Å². The predicted octanol–water partition coefficient (Wildman–Crippen LogP) is 4.69.